The number of hydrogen-bond donors (Lipinski definition) is 2. The summed E-state index contributed by atoms with van der Waals surface area (Å²) in [5, 5.41) is 20.0. The van der Waals surface area contributed by atoms with Crippen LogP contribution in [0.25, 0.3) is 0 Å². The molecule has 0 bridgehead atoms. The fourth-order valence-electron chi connectivity index (χ4n) is 5.91. The standard InChI is InChI=1S/C44H82O8/c1-4-6-8-22-28-41(45)30-24-18-14-10-12-16-20-26-32-43(47)51-36-34-49-38-40(3)39-50-35-37-52-44(48)33-27-21-17-13-11-15-19-25-31-42(46)29-23-9-7-5-2/h18-19,24-25,40-42,45-46H,4-17,20-23,26-39H2,1-3H3/b24-18-,25-19-. The van der Waals surface area contributed by atoms with Gasteiger partial charge in [-0.2, -0.15) is 0 Å². The van der Waals surface area contributed by atoms with Crippen LogP contribution in [-0.2, 0) is 28.5 Å². The third-order valence-corrected chi connectivity index (χ3v) is 9.22. The van der Waals surface area contributed by atoms with E-state index in [1.54, 1.807) is 0 Å². The molecule has 0 spiro atoms. The molecule has 52 heavy (non-hydrogen) atoms. The van der Waals surface area contributed by atoms with Gasteiger partial charge in [0, 0.05) is 18.8 Å². The van der Waals surface area contributed by atoms with Crippen LogP contribution >= 0.6 is 0 Å². The van der Waals surface area contributed by atoms with Gasteiger partial charge in [-0.3, -0.25) is 9.59 Å². The Labute approximate surface area is 319 Å². The molecule has 2 unspecified atom stereocenters. The Morgan fingerprint density at radius 2 is 0.885 bits per heavy atom. The maximum Gasteiger partial charge on any atom is 0.305 e. The monoisotopic (exact) mass is 739 g/mol. The molecule has 0 aliphatic carbocycles. The summed E-state index contributed by atoms with van der Waals surface area (Å²) in [5.41, 5.74) is 0. The molecule has 0 aromatic carbocycles. The van der Waals surface area contributed by atoms with Crippen molar-refractivity contribution < 1.29 is 38.7 Å². The SMILES string of the molecule is CCCCCCC(O)C/C=C\CCCCCCCC(=O)OCCOCC(C)COCCOC(=O)CCCCCCC/C=C\CC(O)CCCCCC. The molecule has 0 aromatic heterocycles. The van der Waals surface area contributed by atoms with Crippen molar-refractivity contribution in [2.24, 2.45) is 5.92 Å². The molecular formula is C44H82O8. The number of hydrogen-bond acceptors (Lipinski definition) is 8. The fourth-order valence-corrected chi connectivity index (χ4v) is 5.91. The highest BCUT2D eigenvalue weighted by molar-refractivity contribution is 5.69. The van der Waals surface area contributed by atoms with Crippen LogP contribution in [0.5, 0.6) is 0 Å². The zero-order valence-corrected chi connectivity index (χ0v) is 34.0. The van der Waals surface area contributed by atoms with Gasteiger partial charge in [0.2, 0.25) is 0 Å². The van der Waals surface area contributed by atoms with E-state index < -0.39 is 0 Å². The first-order chi connectivity index (χ1) is 25.4. The molecule has 2 atom stereocenters. The lowest BCUT2D eigenvalue weighted by Crippen LogP contribution is -2.18. The largest absolute Gasteiger partial charge is 0.463 e. The molecule has 8 nitrogen and oxygen atoms in total. The van der Waals surface area contributed by atoms with Crippen LogP contribution in [0.15, 0.2) is 24.3 Å². The first kappa shape index (κ1) is 50.3. The Bertz CT molecular complexity index is 763. The van der Waals surface area contributed by atoms with Gasteiger partial charge in [0.15, 0.2) is 0 Å². The molecule has 2 N–H and O–H groups in total. The molecule has 0 aliphatic rings. The summed E-state index contributed by atoms with van der Waals surface area (Å²) in [6.45, 7) is 8.76. The Hall–Kier alpha value is -1.74. The molecule has 0 aromatic rings. The van der Waals surface area contributed by atoms with Crippen molar-refractivity contribution in [3.63, 3.8) is 0 Å². The summed E-state index contributed by atoms with van der Waals surface area (Å²) in [5.74, 6) is -0.132. The number of ether oxygens (including phenoxy) is 4. The summed E-state index contributed by atoms with van der Waals surface area (Å²) in [4.78, 5) is 23.9. The molecule has 8 heteroatoms. The zero-order chi connectivity index (χ0) is 38.2. The lowest BCUT2D eigenvalue weighted by atomic mass is 10.1. The molecule has 0 amide bonds. The molecule has 0 saturated carbocycles. The molecule has 0 fully saturated rings. The molecule has 0 saturated heterocycles. The Morgan fingerprint density at radius 1 is 0.500 bits per heavy atom. The fraction of sp³-hybridized carbons (Fsp3) is 0.864. The summed E-state index contributed by atoms with van der Waals surface area (Å²) in [7, 11) is 0. The lowest BCUT2D eigenvalue weighted by molar-refractivity contribution is -0.145. The number of carbonyl (C=O) groups is 2. The van der Waals surface area contributed by atoms with Crippen LogP contribution in [0.2, 0.25) is 0 Å². The van der Waals surface area contributed by atoms with Crippen LogP contribution in [-0.4, -0.2) is 74.0 Å². The Balaban J connectivity index is 3.46. The van der Waals surface area contributed by atoms with E-state index in [0.29, 0.717) is 39.3 Å². The van der Waals surface area contributed by atoms with Crippen molar-refractivity contribution in [2.75, 3.05) is 39.6 Å². The number of rotatable bonds is 40. The molecule has 306 valence electrons. The number of aliphatic hydroxyl groups excluding tert-OH is 2. The normalized spacial score (nSPS) is 13.6. The molecular weight excluding hydrogens is 656 g/mol. The zero-order valence-electron chi connectivity index (χ0n) is 34.0. The Kier molecular flexibility index (Phi) is 39.1. The summed E-state index contributed by atoms with van der Waals surface area (Å²) < 4.78 is 21.8. The van der Waals surface area contributed by atoms with Gasteiger partial charge >= 0.3 is 11.9 Å². The third-order valence-electron chi connectivity index (χ3n) is 9.22. The first-order valence-electron chi connectivity index (χ1n) is 21.5. The van der Waals surface area contributed by atoms with Crippen LogP contribution < -0.4 is 0 Å². The van der Waals surface area contributed by atoms with E-state index in [9.17, 15) is 19.8 Å². The van der Waals surface area contributed by atoms with Gasteiger partial charge in [-0.15, -0.1) is 0 Å². The van der Waals surface area contributed by atoms with E-state index in [-0.39, 0.29) is 43.3 Å². The second-order valence-corrected chi connectivity index (χ2v) is 14.7. The van der Waals surface area contributed by atoms with Crippen molar-refractivity contribution in [1.82, 2.24) is 0 Å². The van der Waals surface area contributed by atoms with E-state index in [4.69, 9.17) is 18.9 Å². The predicted octanol–water partition coefficient (Wildman–Crippen LogP) is 10.8. The van der Waals surface area contributed by atoms with E-state index in [2.05, 4.69) is 38.2 Å². The van der Waals surface area contributed by atoms with Crippen LogP contribution in [0.4, 0.5) is 0 Å². The smallest absolute Gasteiger partial charge is 0.305 e. The number of carbonyl (C=O) groups excluding carboxylic acids is 2. The van der Waals surface area contributed by atoms with Crippen molar-refractivity contribution in [1.29, 1.82) is 0 Å². The third kappa shape index (κ3) is 39.5. The minimum atomic E-state index is -0.198. The minimum absolute atomic E-state index is 0.161. The lowest BCUT2D eigenvalue weighted by Gasteiger charge is -2.13. The highest BCUT2D eigenvalue weighted by Crippen LogP contribution is 2.13. The van der Waals surface area contributed by atoms with Gasteiger partial charge in [0.25, 0.3) is 0 Å². The second kappa shape index (κ2) is 40.4. The predicted molar refractivity (Wildman–Crippen MR) is 214 cm³/mol. The molecule has 0 rings (SSSR count). The first-order valence-corrected chi connectivity index (χ1v) is 21.5. The number of aliphatic hydroxyl groups is 2. The van der Waals surface area contributed by atoms with Crippen LogP contribution in [0.3, 0.4) is 0 Å². The number of esters is 2. The maximum absolute atomic E-state index is 12.0. The summed E-state index contributed by atoms with van der Waals surface area (Å²) in [6.07, 6.45) is 34.9. The van der Waals surface area contributed by atoms with Crippen LogP contribution in [0.1, 0.15) is 188 Å². The van der Waals surface area contributed by atoms with Gasteiger partial charge in [-0.05, 0) is 64.2 Å². The van der Waals surface area contributed by atoms with Crippen molar-refractivity contribution in [2.45, 2.75) is 200 Å². The average Bonchev–Trinajstić information content (AvgIpc) is 3.13. The van der Waals surface area contributed by atoms with E-state index >= 15 is 0 Å². The molecule has 0 radical (unpaired) electrons. The molecule has 0 aliphatic heterocycles. The molecule has 0 heterocycles. The topological polar surface area (TPSA) is 112 Å². The van der Waals surface area contributed by atoms with Crippen molar-refractivity contribution in [3.05, 3.63) is 24.3 Å². The summed E-state index contributed by atoms with van der Waals surface area (Å²) in [6, 6.07) is 0. The highest BCUT2D eigenvalue weighted by atomic mass is 16.6. The van der Waals surface area contributed by atoms with Crippen LogP contribution in [0, 0.1) is 5.92 Å². The number of allylic oxidation sites excluding steroid dienone is 2. The second-order valence-electron chi connectivity index (χ2n) is 14.7. The Morgan fingerprint density at radius 3 is 1.31 bits per heavy atom. The minimum Gasteiger partial charge on any atom is -0.463 e. The quantitative estimate of drug-likeness (QED) is 0.0363. The van der Waals surface area contributed by atoms with E-state index in [1.807, 2.05) is 6.92 Å². The van der Waals surface area contributed by atoms with E-state index in [0.717, 1.165) is 116 Å². The van der Waals surface area contributed by atoms with E-state index in [1.165, 1.54) is 38.5 Å². The summed E-state index contributed by atoms with van der Waals surface area (Å²) >= 11 is 0. The van der Waals surface area contributed by atoms with Gasteiger partial charge in [-0.25, -0.2) is 0 Å². The average molecular weight is 739 g/mol. The van der Waals surface area contributed by atoms with Gasteiger partial charge in [0.1, 0.15) is 13.2 Å². The van der Waals surface area contributed by atoms with Crippen molar-refractivity contribution >= 4 is 11.9 Å². The van der Waals surface area contributed by atoms with Gasteiger partial charge < -0.3 is 29.2 Å². The number of unbranched alkanes of at least 4 members (excludes halogenated alkanes) is 16. The van der Waals surface area contributed by atoms with Crippen molar-refractivity contribution in [3.8, 4) is 0 Å². The highest BCUT2D eigenvalue weighted by Gasteiger charge is 2.07. The van der Waals surface area contributed by atoms with Gasteiger partial charge in [-0.1, -0.05) is 135 Å². The maximum atomic E-state index is 12.0. The van der Waals surface area contributed by atoms with Gasteiger partial charge in [0.05, 0.1) is 38.6 Å².